The highest BCUT2D eigenvalue weighted by atomic mass is 16.3. The summed E-state index contributed by atoms with van der Waals surface area (Å²) in [4.78, 5) is 24.1. The smallest absolute Gasteiger partial charge is 0.220 e. The quantitative estimate of drug-likeness (QED) is 0.133. The van der Waals surface area contributed by atoms with E-state index in [0.717, 1.165) is 38.5 Å². The van der Waals surface area contributed by atoms with Crippen LogP contribution in [0.3, 0.4) is 0 Å². The van der Waals surface area contributed by atoms with E-state index in [-0.39, 0.29) is 25.0 Å². The SMILES string of the molecule is CC/C=C/CCCC(=O)NCC[N+](CCO)(CCO)CCNC(=O)CCC/C=C/CC. The third kappa shape index (κ3) is 16.6. The minimum Gasteiger partial charge on any atom is -0.391 e. The first-order chi connectivity index (χ1) is 15.0. The molecule has 0 radical (unpaired) electrons. The third-order valence-corrected chi connectivity index (χ3v) is 5.32. The van der Waals surface area contributed by atoms with E-state index < -0.39 is 0 Å². The molecule has 2 amide bonds. The molecule has 0 aromatic carbocycles. The Morgan fingerprint density at radius 3 is 1.48 bits per heavy atom. The minimum absolute atomic E-state index is 0.00454. The fourth-order valence-electron chi connectivity index (χ4n) is 3.47. The average molecular weight is 441 g/mol. The van der Waals surface area contributed by atoms with E-state index in [1.165, 1.54) is 0 Å². The molecular formula is C24H46N3O4+. The number of aliphatic hydroxyl groups is 2. The molecule has 0 aliphatic carbocycles. The molecule has 0 saturated carbocycles. The van der Waals surface area contributed by atoms with E-state index in [1.54, 1.807) is 0 Å². The zero-order valence-corrected chi connectivity index (χ0v) is 19.8. The average Bonchev–Trinajstić information content (AvgIpc) is 2.74. The molecule has 0 bridgehead atoms. The molecule has 0 spiro atoms. The number of quaternary nitrogens is 1. The maximum absolute atomic E-state index is 12.0. The molecule has 0 aromatic rings. The number of rotatable bonds is 20. The lowest BCUT2D eigenvalue weighted by Crippen LogP contribution is -2.57. The van der Waals surface area contributed by atoms with Crippen LogP contribution in [0.2, 0.25) is 0 Å². The Kier molecular flexibility index (Phi) is 19.1. The lowest BCUT2D eigenvalue weighted by Gasteiger charge is -2.38. The number of nitrogens with zero attached hydrogens (tertiary/aromatic N) is 1. The Labute approximate surface area is 189 Å². The van der Waals surface area contributed by atoms with Gasteiger partial charge in [-0.25, -0.2) is 0 Å². The van der Waals surface area contributed by atoms with Gasteiger partial charge in [0.2, 0.25) is 11.8 Å². The number of carbonyl (C=O) groups excluding carboxylic acids is 2. The van der Waals surface area contributed by atoms with Crippen molar-refractivity contribution in [1.82, 2.24) is 10.6 Å². The number of hydrogen-bond acceptors (Lipinski definition) is 4. The van der Waals surface area contributed by atoms with Crippen LogP contribution in [0.15, 0.2) is 24.3 Å². The highest BCUT2D eigenvalue weighted by Crippen LogP contribution is 2.06. The Morgan fingerprint density at radius 1 is 0.710 bits per heavy atom. The van der Waals surface area contributed by atoms with Crippen LogP contribution in [0.5, 0.6) is 0 Å². The first kappa shape index (κ1) is 29.3. The molecule has 0 saturated heterocycles. The highest BCUT2D eigenvalue weighted by molar-refractivity contribution is 5.76. The van der Waals surface area contributed by atoms with Crippen molar-refractivity contribution in [3.05, 3.63) is 24.3 Å². The topological polar surface area (TPSA) is 98.7 Å². The van der Waals surface area contributed by atoms with Gasteiger partial charge < -0.3 is 25.3 Å². The molecule has 0 rings (SSSR count). The van der Waals surface area contributed by atoms with Gasteiger partial charge in [-0.05, 0) is 38.5 Å². The number of amides is 2. The van der Waals surface area contributed by atoms with E-state index in [0.29, 0.717) is 56.6 Å². The Morgan fingerprint density at radius 2 is 1.13 bits per heavy atom. The Balaban J connectivity index is 4.38. The van der Waals surface area contributed by atoms with Gasteiger partial charge in [0.1, 0.15) is 13.1 Å². The predicted molar refractivity (Wildman–Crippen MR) is 126 cm³/mol. The fraction of sp³-hybridized carbons (Fsp3) is 0.750. The molecule has 0 atom stereocenters. The van der Waals surface area contributed by atoms with E-state index in [9.17, 15) is 19.8 Å². The molecule has 0 aliphatic heterocycles. The summed E-state index contributed by atoms with van der Waals surface area (Å²) in [5, 5.41) is 25.0. The van der Waals surface area contributed by atoms with Crippen molar-refractivity contribution in [1.29, 1.82) is 0 Å². The van der Waals surface area contributed by atoms with Gasteiger partial charge >= 0.3 is 0 Å². The second kappa shape index (κ2) is 20.2. The Hall–Kier alpha value is -1.70. The molecule has 7 heteroatoms. The van der Waals surface area contributed by atoms with E-state index >= 15 is 0 Å². The van der Waals surface area contributed by atoms with Crippen LogP contribution < -0.4 is 10.6 Å². The number of nitrogens with one attached hydrogen (secondary N) is 2. The zero-order chi connectivity index (χ0) is 23.2. The summed E-state index contributed by atoms with van der Waals surface area (Å²) >= 11 is 0. The third-order valence-electron chi connectivity index (χ3n) is 5.32. The molecule has 180 valence electrons. The molecule has 0 aromatic heterocycles. The number of carbonyl (C=O) groups is 2. The monoisotopic (exact) mass is 440 g/mol. The first-order valence-corrected chi connectivity index (χ1v) is 11.9. The maximum Gasteiger partial charge on any atom is 0.220 e. The van der Waals surface area contributed by atoms with E-state index in [2.05, 4.69) is 48.8 Å². The largest absolute Gasteiger partial charge is 0.391 e. The maximum atomic E-state index is 12.0. The van der Waals surface area contributed by atoms with Crippen molar-refractivity contribution in [2.45, 2.75) is 65.2 Å². The number of unbranched alkanes of at least 4 members (excludes halogenated alkanes) is 2. The van der Waals surface area contributed by atoms with Crippen LogP contribution in [0.1, 0.15) is 65.2 Å². The summed E-state index contributed by atoms with van der Waals surface area (Å²) in [6, 6.07) is 0. The van der Waals surface area contributed by atoms with Crippen LogP contribution in [-0.4, -0.2) is 79.0 Å². The molecule has 31 heavy (non-hydrogen) atoms. The van der Waals surface area contributed by atoms with Crippen LogP contribution in [-0.2, 0) is 9.59 Å². The second-order valence-electron chi connectivity index (χ2n) is 7.93. The first-order valence-electron chi connectivity index (χ1n) is 11.9. The molecule has 0 heterocycles. The van der Waals surface area contributed by atoms with Crippen molar-refractivity contribution in [2.75, 3.05) is 52.5 Å². The number of hydrogen-bond donors (Lipinski definition) is 4. The van der Waals surface area contributed by atoms with Crippen LogP contribution >= 0.6 is 0 Å². The number of aliphatic hydroxyl groups excluding tert-OH is 2. The van der Waals surface area contributed by atoms with Crippen LogP contribution in [0, 0.1) is 0 Å². The van der Waals surface area contributed by atoms with E-state index in [4.69, 9.17) is 0 Å². The molecule has 0 unspecified atom stereocenters. The van der Waals surface area contributed by atoms with Gasteiger partial charge in [-0.3, -0.25) is 9.59 Å². The van der Waals surface area contributed by atoms with Crippen molar-refractivity contribution in [3.8, 4) is 0 Å². The molecule has 0 fully saturated rings. The van der Waals surface area contributed by atoms with Crippen molar-refractivity contribution in [3.63, 3.8) is 0 Å². The van der Waals surface area contributed by atoms with E-state index in [1.807, 2.05) is 0 Å². The van der Waals surface area contributed by atoms with Crippen molar-refractivity contribution in [2.24, 2.45) is 0 Å². The summed E-state index contributed by atoms with van der Waals surface area (Å²) in [5.74, 6) is 0.0582. The summed E-state index contributed by atoms with van der Waals surface area (Å²) < 4.78 is 0.464. The zero-order valence-electron chi connectivity index (χ0n) is 19.8. The summed E-state index contributed by atoms with van der Waals surface area (Å²) in [6.45, 7) is 7.33. The Bertz CT molecular complexity index is 475. The van der Waals surface area contributed by atoms with Gasteiger partial charge in [-0.2, -0.15) is 0 Å². The van der Waals surface area contributed by atoms with Crippen LogP contribution in [0.4, 0.5) is 0 Å². The van der Waals surface area contributed by atoms with Crippen molar-refractivity contribution < 1.29 is 24.3 Å². The second-order valence-corrected chi connectivity index (χ2v) is 7.93. The van der Waals surface area contributed by atoms with Crippen LogP contribution in [0.25, 0.3) is 0 Å². The highest BCUT2D eigenvalue weighted by Gasteiger charge is 2.26. The van der Waals surface area contributed by atoms with Gasteiger partial charge in [0.25, 0.3) is 0 Å². The fourth-order valence-corrected chi connectivity index (χ4v) is 3.47. The van der Waals surface area contributed by atoms with Gasteiger partial charge in [-0.1, -0.05) is 38.2 Å². The summed E-state index contributed by atoms with van der Waals surface area (Å²) in [7, 11) is 0. The lowest BCUT2D eigenvalue weighted by atomic mass is 10.2. The predicted octanol–water partition coefficient (Wildman–Crippen LogP) is 2.29. The van der Waals surface area contributed by atoms with Gasteiger partial charge in [0.05, 0.1) is 39.4 Å². The molecular weight excluding hydrogens is 394 g/mol. The van der Waals surface area contributed by atoms with Gasteiger partial charge in [0.15, 0.2) is 0 Å². The molecule has 7 nitrogen and oxygen atoms in total. The normalized spacial score (nSPS) is 12.0. The summed E-state index contributed by atoms with van der Waals surface area (Å²) in [5.41, 5.74) is 0. The van der Waals surface area contributed by atoms with Gasteiger partial charge in [0, 0.05) is 12.8 Å². The minimum atomic E-state index is -0.00454. The van der Waals surface area contributed by atoms with Crippen molar-refractivity contribution >= 4 is 11.8 Å². The standard InChI is InChI=1S/C24H45N3O4/c1-3-5-7-9-11-13-23(30)25-15-17-27(19-21-28,20-22-29)18-16-26-24(31)14-12-10-8-6-4-2/h5-8,28-29H,3-4,9-22H2,1-2H3,(H-,25,26,30,31)/p+1/b7-5+,8-6+. The number of allylic oxidation sites excluding steroid dienone is 4. The van der Waals surface area contributed by atoms with Gasteiger partial charge in [-0.15, -0.1) is 0 Å². The lowest BCUT2D eigenvalue weighted by molar-refractivity contribution is -0.926. The molecule has 4 N–H and O–H groups in total. The molecule has 0 aliphatic rings. The summed E-state index contributed by atoms with van der Waals surface area (Å²) in [6.07, 6.45) is 14.9.